The fourth-order valence-electron chi connectivity index (χ4n) is 3.38. The van der Waals surface area contributed by atoms with E-state index >= 15 is 0 Å². The molecule has 4 aromatic rings. The second kappa shape index (κ2) is 9.30. The molecule has 0 atom stereocenters. The van der Waals surface area contributed by atoms with Crippen LogP contribution in [0.3, 0.4) is 0 Å². The van der Waals surface area contributed by atoms with Crippen molar-refractivity contribution in [3.63, 3.8) is 0 Å². The average molecular weight is 412 g/mol. The SMILES string of the molecule is COc1ccc(CC(=O)c2ccc(-c3cnn(C)c3)cc2OCc2ccccc2)cc1. The quantitative estimate of drug-likeness (QED) is 0.378. The maximum absolute atomic E-state index is 13.1. The summed E-state index contributed by atoms with van der Waals surface area (Å²) in [5.41, 5.74) is 4.47. The van der Waals surface area contributed by atoms with Crippen molar-refractivity contribution in [1.29, 1.82) is 0 Å². The molecule has 0 bridgehead atoms. The summed E-state index contributed by atoms with van der Waals surface area (Å²) in [7, 11) is 3.50. The van der Waals surface area contributed by atoms with Gasteiger partial charge in [0.2, 0.25) is 0 Å². The van der Waals surface area contributed by atoms with E-state index in [1.165, 1.54) is 0 Å². The highest BCUT2D eigenvalue weighted by Crippen LogP contribution is 2.29. The molecule has 0 amide bonds. The largest absolute Gasteiger partial charge is 0.497 e. The number of carbonyl (C=O) groups is 1. The molecule has 4 rings (SSSR count). The third-order valence-electron chi connectivity index (χ3n) is 5.08. The summed E-state index contributed by atoms with van der Waals surface area (Å²) in [6.45, 7) is 0.389. The lowest BCUT2D eigenvalue weighted by Gasteiger charge is -2.13. The molecule has 0 aliphatic carbocycles. The van der Waals surface area contributed by atoms with Crippen LogP contribution in [-0.2, 0) is 20.1 Å². The number of nitrogens with zero attached hydrogens (tertiary/aromatic N) is 2. The lowest BCUT2D eigenvalue weighted by molar-refractivity contribution is 0.0988. The van der Waals surface area contributed by atoms with Gasteiger partial charge in [-0.05, 0) is 41.0 Å². The van der Waals surface area contributed by atoms with E-state index in [-0.39, 0.29) is 12.2 Å². The molecule has 3 aromatic carbocycles. The first-order valence-corrected chi connectivity index (χ1v) is 10.1. The molecule has 156 valence electrons. The Kier molecular flexibility index (Phi) is 6.13. The summed E-state index contributed by atoms with van der Waals surface area (Å²) in [5.74, 6) is 1.35. The topological polar surface area (TPSA) is 53.3 Å². The Hall–Kier alpha value is -3.86. The number of benzene rings is 3. The molecule has 31 heavy (non-hydrogen) atoms. The summed E-state index contributed by atoms with van der Waals surface area (Å²) in [6, 6.07) is 23.2. The number of aromatic nitrogens is 2. The van der Waals surface area contributed by atoms with Crippen molar-refractivity contribution >= 4 is 5.78 Å². The van der Waals surface area contributed by atoms with E-state index in [1.54, 1.807) is 18.0 Å². The molecule has 1 heterocycles. The first-order chi connectivity index (χ1) is 15.1. The first-order valence-electron chi connectivity index (χ1n) is 10.1. The van der Waals surface area contributed by atoms with Crippen LogP contribution in [0.4, 0.5) is 0 Å². The fourth-order valence-corrected chi connectivity index (χ4v) is 3.38. The van der Waals surface area contributed by atoms with Gasteiger partial charge in [0.25, 0.3) is 0 Å². The molecule has 0 saturated heterocycles. The molecule has 0 saturated carbocycles. The predicted molar refractivity (Wildman–Crippen MR) is 120 cm³/mol. The summed E-state index contributed by atoms with van der Waals surface area (Å²) in [5, 5.41) is 4.24. The van der Waals surface area contributed by atoms with Crippen LogP contribution in [0.5, 0.6) is 11.5 Å². The standard InChI is InChI=1S/C26H24N2O3/c1-28-17-22(16-27-28)21-10-13-24(25(29)14-19-8-11-23(30-2)12-9-19)26(15-21)31-18-20-6-4-3-5-7-20/h3-13,15-17H,14,18H2,1-2H3. The van der Waals surface area contributed by atoms with Crippen LogP contribution in [0, 0.1) is 0 Å². The van der Waals surface area contributed by atoms with Gasteiger partial charge in [-0.25, -0.2) is 0 Å². The van der Waals surface area contributed by atoms with Crippen molar-refractivity contribution in [2.24, 2.45) is 7.05 Å². The Morgan fingerprint density at radius 3 is 2.39 bits per heavy atom. The zero-order chi connectivity index (χ0) is 21.6. The van der Waals surface area contributed by atoms with Crippen LogP contribution in [0.25, 0.3) is 11.1 Å². The lowest BCUT2D eigenvalue weighted by Crippen LogP contribution is -2.07. The molecule has 0 aliphatic heterocycles. The zero-order valence-corrected chi connectivity index (χ0v) is 17.6. The maximum Gasteiger partial charge on any atom is 0.170 e. The van der Waals surface area contributed by atoms with Crippen LogP contribution in [0.2, 0.25) is 0 Å². The Labute approximate surface area is 181 Å². The molecule has 0 spiro atoms. The Bertz CT molecular complexity index is 1160. The maximum atomic E-state index is 13.1. The summed E-state index contributed by atoms with van der Waals surface area (Å²) < 4.78 is 13.1. The van der Waals surface area contributed by atoms with Gasteiger partial charge < -0.3 is 9.47 Å². The number of hydrogen-bond donors (Lipinski definition) is 0. The number of rotatable bonds is 8. The second-order valence-corrected chi connectivity index (χ2v) is 7.34. The lowest BCUT2D eigenvalue weighted by atomic mass is 9.99. The highest BCUT2D eigenvalue weighted by atomic mass is 16.5. The summed E-state index contributed by atoms with van der Waals surface area (Å²) in [6.07, 6.45) is 4.03. The van der Waals surface area contributed by atoms with Gasteiger partial charge in [0, 0.05) is 25.2 Å². The Morgan fingerprint density at radius 1 is 0.935 bits per heavy atom. The van der Waals surface area contributed by atoms with E-state index in [2.05, 4.69) is 5.10 Å². The number of methoxy groups -OCH3 is 1. The van der Waals surface area contributed by atoms with Crippen molar-refractivity contribution in [1.82, 2.24) is 9.78 Å². The van der Waals surface area contributed by atoms with Gasteiger partial charge in [0.15, 0.2) is 5.78 Å². The fraction of sp³-hybridized carbons (Fsp3) is 0.154. The number of ether oxygens (including phenoxy) is 2. The van der Waals surface area contributed by atoms with Gasteiger partial charge in [-0.2, -0.15) is 5.10 Å². The Morgan fingerprint density at radius 2 is 1.71 bits per heavy atom. The minimum Gasteiger partial charge on any atom is -0.497 e. The van der Waals surface area contributed by atoms with Crippen molar-refractivity contribution < 1.29 is 14.3 Å². The third-order valence-corrected chi connectivity index (χ3v) is 5.08. The molecule has 0 unspecified atom stereocenters. The Balaban J connectivity index is 1.61. The van der Waals surface area contributed by atoms with Gasteiger partial charge in [0.05, 0.1) is 18.9 Å². The molecule has 0 aliphatic rings. The number of Topliss-reactive ketones (excluding diaryl/α,β-unsaturated/α-hetero) is 1. The highest BCUT2D eigenvalue weighted by molar-refractivity contribution is 6.00. The first kappa shape index (κ1) is 20.4. The van der Waals surface area contributed by atoms with E-state index < -0.39 is 0 Å². The molecule has 0 fully saturated rings. The minimum atomic E-state index is 0.00552. The van der Waals surface area contributed by atoms with Gasteiger partial charge in [-0.3, -0.25) is 9.48 Å². The van der Waals surface area contributed by atoms with E-state index in [0.717, 1.165) is 28.0 Å². The van der Waals surface area contributed by atoms with Gasteiger partial charge >= 0.3 is 0 Å². The predicted octanol–water partition coefficient (Wildman–Crippen LogP) is 5.10. The third kappa shape index (κ3) is 5.01. The van der Waals surface area contributed by atoms with Gasteiger partial charge in [-0.15, -0.1) is 0 Å². The molecular formula is C26H24N2O3. The smallest absolute Gasteiger partial charge is 0.170 e. The number of ketones is 1. The average Bonchev–Trinajstić information content (AvgIpc) is 3.25. The minimum absolute atomic E-state index is 0.00552. The van der Waals surface area contributed by atoms with Crippen LogP contribution < -0.4 is 9.47 Å². The highest BCUT2D eigenvalue weighted by Gasteiger charge is 2.16. The normalized spacial score (nSPS) is 10.6. The van der Waals surface area contributed by atoms with E-state index in [4.69, 9.17) is 9.47 Å². The molecule has 0 radical (unpaired) electrons. The molecule has 5 heteroatoms. The summed E-state index contributed by atoms with van der Waals surface area (Å²) >= 11 is 0. The number of hydrogen-bond acceptors (Lipinski definition) is 4. The molecule has 1 aromatic heterocycles. The monoisotopic (exact) mass is 412 g/mol. The van der Waals surface area contributed by atoms with Crippen LogP contribution in [-0.4, -0.2) is 22.7 Å². The van der Waals surface area contributed by atoms with Gasteiger partial charge in [-0.1, -0.05) is 48.5 Å². The number of carbonyl (C=O) groups excluding carboxylic acids is 1. The van der Waals surface area contributed by atoms with Crippen molar-refractivity contribution in [3.8, 4) is 22.6 Å². The van der Waals surface area contributed by atoms with Crippen LogP contribution in [0.1, 0.15) is 21.5 Å². The van der Waals surface area contributed by atoms with Gasteiger partial charge in [0.1, 0.15) is 18.1 Å². The van der Waals surface area contributed by atoms with Crippen LogP contribution in [0.15, 0.2) is 85.2 Å². The van der Waals surface area contributed by atoms with E-state index in [9.17, 15) is 4.79 Å². The van der Waals surface area contributed by atoms with Crippen molar-refractivity contribution in [3.05, 3.63) is 102 Å². The molecule has 5 nitrogen and oxygen atoms in total. The number of aryl methyl sites for hydroxylation is 1. The van der Waals surface area contributed by atoms with E-state index in [1.807, 2.05) is 86.0 Å². The summed E-state index contributed by atoms with van der Waals surface area (Å²) in [4.78, 5) is 13.1. The zero-order valence-electron chi connectivity index (χ0n) is 17.6. The molecule has 0 N–H and O–H groups in total. The molecular weight excluding hydrogens is 388 g/mol. The second-order valence-electron chi connectivity index (χ2n) is 7.34. The van der Waals surface area contributed by atoms with E-state index in [0.29, 0.717) is 17.9 Å². The van der Waals surface area contributed by atoms with Crippen molar-refractivity contribution in [2.75, 3.05) is 7.11 Å². The van der Waals surface area contributed by atoms with Crippen LogP contribution >= 0.6 is 0 Å². The van der Waals surface area contributed by atoms with Crippen molar-refractivity contribution in [2.45, 2.75) is 13.0 Å².